The van der Waals surface area contributed by atoms with Crippen molar-refractivity contribution in [2.24, 2.45) is 0 Å². The van der Waals surface area contributed by atoms with E-state index in [1.165, 1.54) is 17.0 Å². The lowest BCUT2D eigenvalue weighted by molar-refractivity contribution is -0.192. The molecule has 1 amide bonds. The number of morpholine rings is 1. The van der Waals surface area contributed by atoms with Crippen LogP contribution in [0.4, 0.5) is 13.2 Å². The van der Waals surface area contributed by atoms with Gasteiger partial charge in [0.25, 0.3) is 0 Å². The van der Waals surface area contributed by atoms with E-state index >= 15 is 0 Å². The number of nitrogens with one attached hydrogen (secondary N) is 1. The second kappa shape index (κ2) is 7.95. The van der Waals surface area contributed by atoms with Crippen molar-refractivity contribution >= 4 is 23.2 Å². The Morgan fingerprint density at radius 1 is 1.23 bits per heavy atom. The summed E-state index contributed by atoms with van der Waals surface area (Å²) in [5.41, 5.74) is 0.416. The van der Waals surface area contributed by atoms with Gasteiger partial charge in [0.15, 0.2) is 11.3 Å². The molecule has 2 aromatic rings. The van der Waals surface area contributed by atoms with Crippen LogP contribution in [0.5, 0.6) is 0 Å². The summed E-state index contributed by atoms with van der Waals surface area (Å²) >= 11 is 0. The van der Waals surface area contributed by atoms with E-state index in [0.717, 1.165) is 0 Å². The zero-order valence-corrected chi connectivity index (χ0v) is 13.2. The van der Waals surface area contributed by atoms with Gasteiger partial charge in [-0.3, -0.25) is 14.3 Å². The van der Waals surface area contributed by atoms with Crippen molar-refractivity contribution < 1.29 is 32.6 Å². The number of hydrogen-bond donors (Lipinski definition) is 2. The highest BCUT2D eigenvalue weighted by Gasteiger charge is 2.38. The average Bonchev–Trinajstić information content (AvgIpc) is 2.91. The lowest BCUT2D eigenvalue weighted by Gasteiger charge is -2.26. The second-order valence-corrected chi connectivity index (χ2v) is 5.04. The first kappa shape index (κ1) is 19.4. The Labute approximate surface area is 143 Å². The van der Waals surface area contributed by atoms with Gasteiger partial charge in [-0.1, -0.05) is 0 Å². The van der Waals surface area contributed by atoms with Crippen molar-refractivity contribution in [1.82, 2.24) is 24.4 Å². The van der Waals surface area contributed by atoms with Crippen molar-refractivity contribution in [2.75, 3.05) is 26.3 Å². The number of ether oxygens (including phenoxy) is 1. The number of H-pyrrole nitrogens is 1. The molecule has 1 fully saturated rings. The molecule has 0 spiro atoms. The summed E-state index contributed by atoms with van der Waals surface area (Å²) < 4.78 is 38.2. The number of imidazole rings is 1. The Hall–Kier alpha value is -2.96. The maximum Gasteiger partial charge on any atom is 0.490 e. The zero-order chi connectivity index (χ0) is 19.3. The minimum atomic E-state index is -5.08. The van der Waals surface area contributed by atoms with Crippen molar-refractivity contribution in [1.29, 1.82) is 0 Å². The molecular formula is C13H14F3N5O5. The third-order valence-electron chi connectivity index (χ3n) is 3.30. The number of alkyl halides is 3. The summed E-state index contributed by atoms with van der Waals surface area (Å²) in [4.78, 5) is 45.1. The molecule has 0 aliphatic carbocycles. The Kier molecular flexibility index (Phi) is 5.92. The van der Waals surface area contributed by atoms with Crippen molar-refractivity contribution in [3.05, 3.63) is 22.9 Å². The van der Waals surface area contributed by atoms with E-state index in [0.29, 0.717) is 37.6 Å². The van der Waals surface area contributed by atoms with E-state index in [1.807, 2.05) is 0 Å². The van der Waals surface area contributed by atoms with E-state index in [2.05, 4.69) is 15.0 Å². The molecule has 3 rings (SSSR count). The van der Waals surface area contributed by atoms with Gasteiger partial charge in [-0.2, -0.15) is 13.2 Å². The number of hydrogen-bond acceptors (Lipinski definition) is 6. The number of amides is 1. The number of fused-ring (bicyclic) bond motifs is 1. The molecule has 0 saturated carbocycles. The average molecular weight is 377 g/mol. The largest absolute Gasteiger partial charge is 0.490 e. The molecule has 2 aromatic heterocycles. The normalized spacial score (nSPS) is 14.7. The molecule has 1 saturated heterocycles. The van der Waals surface area contributed by atoms with Gasteiger partial charge in [-0.15, -0.1) is 0 Å². The summed E-state index contributed by atoms with van der Waals surface area (Å²) in [5, 5.41) is 7.12. The fourth-order valence-electron chi connectivity index (χ4n) is 2.08. The number of aromatic nitrogens is 4. The van der Waals surface area contributed by atoms with Gasteiger partial charge in [0.2, 0.25) is 5.91 Å². The molecule has 0 aromatic carbocycles. The van der Waals surface area contributed by atoms with Gasteiger partial charge >= 0.3 is 17.8 Å². The van der Waals surface area contributed by atoms with E-state index in [4.69, 9.17) is 14.6 Å². The third-order valence-corrected chi connectivity index (χ3v) is 3.30. The summed E-state index contributed by atoms with van der Waals surface area (Å²) in [5.74, 6) is -2.87. The number of nitrogens with zero attached hydrogens (tertiary/aromatic N) is 4. The van der Waals surface area contributed by atoms with Crippen LogP contribution in [0.25, 0.3) is 11.3 Å². The number of rotatable bonds is 2. The monoisotopic (exact) mass is 377 g/mol. The summed E-state index contributed by atoms with van der Waals surface area (Å²) in [6, 6.07) is 0. The molecule has 26 heavy (non-hydrogen) atoms. The van der Waals surface area contributed by atoms with Gasteiger partial charge in [-0.05, 0) is 0 Å². The van der Waals surface area contributed by atoms with Crippen molar-refractivity contribution in [3.8, 4) is 0 Å². The second-order valence-electron chi connectivity index (χ2n) is 5.04. The quantitative estimate of drug-likeness (QED) is 0.729. The molecule has 0 atom stereocenters. The lowest BCUT2D eigenvalue weighted by atomic mass is 10.4. The van der Waals surface area contributed by atoms with Crippen LogP contribution in [0.15, 0.2) is 17.2 Å². The van der Waals surface area contributed by atoms with Crippen LogP contribution in [0.2, 0.25) is 0 Å². The molecule has 2 N–H and O–H groups in total. The molecule has 1 aliphatic rings. The number of halogens is 3. The molecule has 13 heteroatoms. The van der Waals surface area contributed by atoms with Crippen molar-refractivity contribution in [3.63, 3.8) is 0 Å². The SMILES string of the molecule is O=C(Cn1c(=O)[nH]c2nccnc21)N1CCOCC1.O=C(O)C(F)(F)F. The molecule has 3 heterocycles. The standard InChI is InChI=1S/C11H13N5O3.C2HF3O2/c17-8(15-3-5-19-6-4-15)7-16-10-9(14-11(16)18)12-1-2-13-10;3-2(4,5)1(6)7/h1-2H,3-7H2,(H,12,14,18);(H,6,7). The number of carboxylic acids is 1. The van der Waals surface area contributed by atoms with E-state index in [-0.39, 0.29) is 18.1 Å². The third kappa shape index (κ3) is 4.78. The smallest absolute Gasteiger partial charge is 0.475 e. The first-order chi connectivity index (χ1) is 12.2. The minimum Gasteiger partial charge on any atom is -0.475 e. The molecular weight excluding hydrogens is 363 g/mol. The van der Waals surface area contributed by atoms with Crippen molar-refractivity contribution in [2.45, 2.75) is 12.7 Å². The van der Waals surface area contributed by atoms with Crippen LogP contribution in [0.1, 0.15) is 0 Å². The molecule has 10 nitrogen and oxygen atoms in total. The first-order valence-corrected chi connectivity index (χ1v) is 7.25. The highest BCUT2D eigenvalue weighted by Crippen LogP contribution is 2.13. The predicted molar refractivity (Wildman–Crippen MR) is 79.2 cm³/mol. The summed E-state index contributed by atoms with van der Waals surface area (Å²) in [6.45, 7) is 2.16. The Morgan fingerprint density at radius 2 is 1.81 bits per heavy atom. The van der Waals surface area contributed by atoms with Crippen LogP contribution in [0.3, 0.4) is 0 Å². The lowest BCUT2D eigenvalue weighted by Crippen LogP contribution is -2.43. The van der Waals surface area contributed by atoms with Gasteiger partial charge in [-0.25, -0.2) is 19.6 Å². The maximum atomic E-state index is 12.1. The van der Waals surface area contributed by atoms with E-state index in [9.17, 15) is 22.8 Å². The number of carbonyl (C=O) groups excluding carboxylic acids is 1. The van der Waals surface area contributed by atoms with Crippen LogP contribution < -0.4 is 5.69 Å². The Morgan fingerprint density at radius 3 is 2.38 bits per heavy atom. The topological polar surface area (TPSA) is 130 Å². The van der Waals surface area contributed by atoms with Gasteiger partial charge in [0, 0.05) is 25.5 Å². The number of carbonyl (C=O) groups is 2. The predicted octanol–water partition coefficient (Wildman–Crippen LogP) is -0.388. The molecule has 1 aliphatic heterocycles. The number of aliphatic carboxylic acids is 1. The van der Waals surface area contributed by atoms with Gasteiger partial charge in [0.05, 0.1) is 13.2 Å². The van der Waals surface area contributed by atoms with Crippen LogP contribution in [0, 0.1) is 0 Å². The molecule has 142 valence electrons. The molecule has 0 bridgehead atoms. The Balaban J connectivity index is 0.000000298. The minimum absolute atomic E-state index is 0.0302. The highest BCUT2D eigenvalue weighted by molar-refractivity contribution is 5.78. The van der Waals surface area contributed by atoms with Gasteiger partial charge < -0.3 is 14.7 Å². The fourth-order valence-corrected chi connectivity index (χ4v) is 2.08. The highest BCUT2D eigenvalue weighted by atomic mass is 19.4. The molecule has 0 radical (unpaired) electrons. The maximum absolute atomic E-state index is 12.1. The number of aromatic amines is 1. The molecule has 0 unspecified atom stereocenters. The van der Waals surface area contributed by atoms with E-state index in [1.54, 1.807) is 4.90 Å². The zero-order valence-electron chi connectivity index (χ0n) is 13.2. The van der Waals surface area contributed by atoms with Gasteiger partial charge in [0.1, 0.15) is 6.54 Å². The number of carboxylic acid groups (broad SMARTS) is 1. The van der Waals surface area contributed by atoms with Crippen LogP contribution >= 0.6 is 0 Å². The fraction of sp³-hybridized carbons (Fsp3) is 0.462. The summed E-state index contributed by atoms with van der Waals surface area (Å²) in [7, 11) is 0. The van der Waals surface area contributed by atoms with Crippen LogP contribution in [-0.2, 0) is 20.9 Å². The summed E-state index contributed by atoms with van der Waals surface area (Å²) in [6.07, 6.45) is -2.10. The Bertz CT molecular complexity index is 841. The van der Waals surface area contributed by atoms with E-state index < -0.39 is 12.1 Å². The van der Waals surface area contributed by atoms with Crippen LogP contribution in [-0.4, -0.2) is 73.9 Å². The first-order valence-electron chi connectivity index (χ1n) is 7.25.